The first-order chi connectivity index (χ1) is 8.01. The predicted molar refractivity (Wildman–Crippen MR) is 82.3 cm³/mol. The molecule has 0 fully saturated rings. The summed E-state index contributed by atoms with van der Waals surface area (Å²) < 4.78 is 6.20. The molecule has 0 aromatic heterocycles. The zero-order valence-electron chi connectivity index (χ0n) is 13.3. The maximum atomic E-state index is 9.68. The third-order valence-corrected chi connectivity index (χ3v) is 8.63. The van der Waals surface area contributed by atoms with E-state index in [2.05, 4.69) is 54.3 Å². The quantitative estimate of drug-likeness (QED) is 0.555. The summed E-state index contributed by atoms with van der Waals surface area (Å²) >= 11 is 0. The zero-order valence-corrected chi connectivity index (χ0v) is 14.3. The van der Waals surface area contributed by atoms with Gasteiger partial charge >= 0.3 is 0 Å². The molecule has 0 heterocycles. The standard InChI is InChI=1S/C15H32O2Si/c1-9-14(16)13(3)10-12(2)11-17-18(7,8)15(4,5)6/h9,12-14,16H,1,10-11H2,2-8H3/t12-,13+,14?/m1/s1. The highest BCUT2D eigenvalue weighted by Crippen LogP contribution is 2.37. The van der Waals surface area contributed by atoms with Crippen molar-refractivity contribution in [1.82, 2.24) is 0 Å². The summed E-state index contributed by atoms with van der Waals surface area (Å²) in [4.78, 5) is 0. The Labute approximate surface area is 115 Å². The van der Waals surface area contributed by atoms with Crippen LogP contribution in [0.5, 0.6) is 0 Å². The van der Waals surface area contributed by atoms with Gasteiger partial charge in [0, 0.05) is 6.61 Å². The Hall–Kier alpha value is -0.123. The van der Waals surface area contributed by atoms with E-state index in [0.29, 0.717) is 5.92 Å². The lowest BCUT2D eigenvalue weighted by Gasteiger charge is -2.37. The third kappa shape index (κ3) is 5.68. The molecule has 0 radical (unpaired) electrons. The van der Waals surface area contributed by atoms with E-state index in [9.17, 15) is 5.11 Å². The highest BCUT2D eigenvalue weighted by Gasteiger charge is 2.37. The Morgan fingerprint density at radius 3 is 2.17 bits per heavy atom. The van der Waals surface area contributed by atoms with Gasteiger partial charge in [0.25, 0.3) is 0 Å². The molecule has 3 atom stereocenters. The fourth-order valence-electron chi connectivity index (χ4n) is 1.64. The molecule has 0 amide bonds. The minimum atomic E-state index is -1.64. The van der Waals surface area contributed by atoms with Crippen molar-refractivity contribution in [3.63, 3.8) is 0 Å². The lowest BCUT2D eigenvalue weighted by Crippen LogP contribution is -2.42. The van der Waals surface area contributed by atoms with Gasteiger partial charge in [-0.3, -0.25) is 0 Å². The van der Waals surface area contributed by atoms with Crippen LogP contribution in [0.3, 0.4) is 0 Å². The maximum absolute atomic E-state index is 9.68. The molecule has 1 unspecified atom stereocenters. The van der Waals surface area contributed by atoms with Crippen molar-refractivity contribution in [2.45, 2.75) is 65.3 Å². The molecule has 3 heteroatoms. The number of aliphatic hydroxyl groups is 1. The van der Waals surface area contributed by atoms with Gasteiger partial charge in [0.1, 0.15) is 0 Å². The van der Waals surface area contributed by atoms with Crippen LogP contribution in [0.4, 0.5) is 0 Å². The maximum Gasteiger partial charge on any atom is 0.191 e. The van der Waals surface area contributed by atoms with Gasteiger partial charge in [-0.05, 0) is 36.4 Å². The Bertz CT molecular complexity index is 256. The summed E-state index contributed by atoms with van der Waals surface area (Å²) in [5.74, 6) is 0.726. The van der Waals surface area contributed by atoms with E-state index < -0.39 is 14.4 Å². The minimum Gasteiger partial charge on any atom is -0.417 e. The summed E-state index contributed by atoms with van der Waals surface area (Å²) in [5, 5.41) is 9.95. The van der Waals surface area contributed by atoms with Crippen LogP contribution >= 0.6 is 0 Å². The third-order valence-electron chi connectivity index (χ3n) is 4.13. The van der Waals surface area contributed by atoms with Crippen LogP contribution in [0.15, 0.2) is 12.7 Å². The number of rotatable bonds is 7. The SMILES string of the molecule is C=CC(O)[C@@H](C)C[C@@H](C)CO[Si](C)(C)C(C)(C)C. The van der Waals surface area contributed by atoms with E-state index in [0.717, 1.165) is 13.0 Å². The Morgan fingerprint density at radius 2 is 1.78 bits per heavy atom. The van der Waals surface area contributed by atoms with Crippen molar-refractivity contribution < 1.29 is 9.53 Å². The van der Waals surface area contributed by atoms with E-state index in [4.69, 9.17) is 4.43 Å². The largest absolute Gasteiger partial charge is 0.417 e. The molecule has 0 bridgehead atoms. The topological polar surface area (TPSA) is 29.5 Å². The average Bonchev–Trinajstić information content (AvgIpc) is 2.23. The van der Waals surface area contributed by atoms with Crippen LogP contribution in [0, 0.1) is 11.8 Å². The van der Waals surface area contributed by atoms with Gasteiger partial charge in [0.05, 0.1) is 6.10 Å². The van der Waals surface area contributed by atoms with Crippen molar-refractivity contribution in [1.29, 1.82) is 0 Å². The van der Waals surface area contributed by atoms with Crippen molar-refractivity contribution in [2.75, 3.05) is 6.61 Å². The molecule has 0 aliphatic carbocycles. The molecule has 0 aromatic rings. The lowest BCUT2D eigenvalue weighted by molar-refractivity contribution is 0.132. The Morgan fingerprint density at radius 1 is 1.28 bits per heavy atom. The molecule has 1 N–H and O–H groups in total. The van der Waals surface area contributed by atoms with Crippen LogP contribution in [0.2, 0.25) is 18.1 Å². The molecule has 0 aliphatic heterocycles. The summed E-state index contributed by atoms with van der Waals surface area (Å²) in [5.41, 5.74) is 0. The van der Waals surface area contributed by atoms with E-state index in [1.807, 2.05) is 0 Å². The number of hydrogen-bond donors (Lipinski definition) is 1. The van der Waals surface area contributed by atoms with Gasteiger partial charge in [-0.1, -0.05) is 40.7 Å². The first kappa shape index (κ1) is 17.9. The van der Waals surface area contributed by atoms with E-state index in [1.165, 1.54) is 0 Å². The second-order valence-corrected chi connectivity index (χ2v) is 11.9. The second-order valence-electron chi connectivity index (χ2n) is 7.12. The van der Waals surface area contributed by atoms with E-state index in [-0.39, 0.29) is 11.0 Å². The smallest absolute Gasteiger partial charge is 0.191 e. The van der Waals surface area contributed by atoms with Gasteiger partial charge in [-0.15, -0.1) is 6.58 Å². The van der Waals surface area contributed by atoms with Crippen molar-refractivity contribution >= 4 is 8.32 Å². The fraction of sp³-hybridized carbons (Fsp3) is 0.867. The summed E-state index contributed by atoms with van der Waals surface area (Å²) in [7, 11) is -1.64. The van der Waals surface area contributed by atoms with Crippen molar-refractivity contribution in [2.24, 2.45) is 11.8 Å². The average molecular weight is 273 g/mol. The summed E-state index contributed by atoms with van der Waals surface area (Å²) in [6.45, 7) is 20.0. The first-order valence-electron chi connectivity index (χ1n) is 6.96. The molecule has 0 aliphatic rings. The van der Waals surface area contributed by atoms with Crippen molar-refractivity contribution in [3.8, 4) is 0 Å². The molecule has 0 spiro atoms. The number of aliphatic hydroxyl groups excluding tert-OH is 1. The highest BCUT2D eigenvalue weighted by atomic mass is 28.4. The van der Waals surface area contributed by atoms with Gasteiger partial charge < -0.3 is 9.53 Å². The monoisotopic (exact) mass is 272 g/mol. The first-order valence-corrected chi connectivity index (χ1v) is 9.86. The zero-order chi connectivity index (χ0) is 14.6. The molecule has 108 valence electrons. The van der Waals surface area contributed by atoms with Crippen LogP contribution in [0.25, 0.3) is 0 Å². The Balaban J connectivity index is 4.19. The fourth-order valence-corrected chi connectivity index (χ4v) is 2.78. The lowest BCUT2D eigenvalue weighted by atomic mass is 9.93. The van der Waals surface area contributed by atoms with Gasteiger partial charge in [-0.2, -0.15) is 0 Å². The molecular formula is C15H32O2Si. The highest BCUT2D eigenvalue weighted by molar-refractivity contribution is 6.74. The molecule has 0 aromatic carbocycles. The minimum absolute atomic E-state index is 0.250. The molecule has 18 heavy (non-hydrogen) atoms. The second kappa shape index (κ2) is 6.87. The van der Waals surface area contributed by atoms with Crippen LogP contribution < -0.4 is 0 Å². The molecule has 2 nitrogen and oxygen atoms in total. The van der Waals surface area contributed by atoms with Crippen LogP contribution in [-0.2, 0) is 4.43 Å². The van der Waals surface area contributed by atoms with Gasteiger partial charge in [-0.25, -0.2) is 0 Å². The van der Waals surface area contributed by atoms with Gasteiger partial charge in [0.15, 0.2) is 8.32 Å². The summed E-state index contributed by atoms with van der Waals surface area (Å²) in [6.07, 6.45) is 2.19. The summed E-state index contributed by atoms with van der Waals surface area (Å²) in [6, 6.07) is 0. The van der Waals surface area contributed by atoms with Gasteiger partial charge in [0.2, 0.25) is 0 Å². The van der Waals surface area contributed by atoms with E-state index >= 15 is 0 Å². The number of hydrogen-bond acceptors (Lipinski definition) is 2. The molecular weight excluding hydrogens is 240 g/mol. The molecule has 0 saturated heterocycles. The predicted octanol–water partition coefficient (Wildman–Crippen LogP) is 4.22. The molecule has 0 rings (SSSR count). The van der Waals surface area contributed by atoms with Crippen LogP contribution in [-0.4, -0.2) is 26.1 Å². The van der Waals surface area contributed by atoms with Crippen LogP contribution in [0.1, 0.15) is 41.0 Å². The van der Waals surface area contributed by atoms with Crippen molar-refractivity contribution in [3.05, 3.63) is 12.7 Å². The van der Waals surface area contributed by atoms with E-state index in [1.54, 1.807) is 6.08 Å². The Kier molecular flexibility index (Phi) is 6.83. The molecule has 0 saturated carbocycles. The normalized spacial score (nSPS) is 18.2.